The van der Waals surface area contributed by atoms with Crippen LogP contribution in [0.4, 0.5) is 11.4 Å². The first-order valence-corrected chi connectivity index (χ1v) is 8.15. The molecule has 1 aromatic carbocycles. The number of carbonyl (C=O) groups excluding carboxylic acids is 1. The zero-order chi connectivity index (χ0) is 14.7. The molecule has 4 nitrogen and oxygen atoms in total. The summed E-state index contributed by atoms with van der Waals surface area (Å²) in [6.07, 6.45) is 5.37. The summed E-state index contributed by atoms with van der Waals surface area (Å²) in [5.74, 6) is 0.112. The van der Waals surface area contributed by atoms with Crippen LogP contribution < -0.4 is 15.5 Å². The van der Waals surface area contributed by atoms with Crippen molar-refractivity contribution in [2.45, 2.75) is 44.6 Å². The van der Waals surface area contributed by atoms with Crippen LogP contribution in [0.1, 0.15) is 39.0 Å². The summed E-state index contributed by atoms with van der Waals surface area (Å²) >= 11 is 0. The lowest BCUT2D eigenvalue weighted by molar-refractivity contribution is -0.122. The molecule has 0 spiro atoms. The van der Waals surface area contributed by atoms with Gasteiger partial charge in [-0.3, -0.25) is 4.79 Å². The third-order valence-electron chi connectivity index (χ3n) is 4.86. The van der Waals surface area contributed by atoms with E-state index in [-0.39, 0.29) is 36.3 Å². The van der Waals surface area contributed by atoms with E-state index in [0.717, 1.165) is 44.6 Å². The molecule has 1 unspecified atom stereocenters. The molecule has 1 atom stereocenters. The highest BCUT2D eigenvalue weighted by Crippen LogP contribution is 2.27. The van der Waals surface area contributed by atoms with E-state index in [0.29, 0.717) is 0 Å². The van der Waals surface area contributed by atoms with Gasteiger partial charge in [0.15, 0.2) is 0 Å². The number of hydrogen-bond donors (Lipinski definition) is 2. The number of benzene rings is 1. The number of hydrogen-bond acceptors (Lipinski definition) is 3. The Balaban J connectivity index is 0.00000132. The number of nitrogens with zero attached hydrogens (tertiary/aromatic N) is 1. The number of carbonyl (C=O) groups is 1. The molecule has 0 aliphatic carbocycles. The summed E-state index contributed by atoms with van der Waals surface area (Å²) in [5.41, 5.74) is 1.75. The molecule has 130 valence electrons. The monoisotopic (exact) mass is 359 g/mol. The van der Waals surface area contributed by atoms with Crippen LogP contribution in [0.25, 0.3) is 0 Å². The summed E-state index contributed by atoms with van der Waals surface area (Å²) in [4.78, 5) is 15.0. The average molecular weight is 360 g/mol. The van der Waals surface area contributed by atoms with Gasteiger partial charge in [0, 0.05) is 24.5 Å². The molecule has 2 N–H and O–H groups in total. The molecule has 2 aliphatic heterocycles. The Bertz CT molecular complexity index is 512. The van der Waals surface area contributed by atoms with E-state index >= 15 is 0 Å². The van der Waals surface area contributed by atoms with E-state index in [1.54, 1.807) is 0 Å². The van der Waals surface area contributed by atoms with E-state index in [4.69, 9.17) is 0 Å². The molecule has 2 heterocycles. The van der Waals surface area contributed by atoms with Crippen LogP contribution in [-0.2, 0) is 4.79 Å². The van der Waals surface area contributed by atoms with Gasteiger partial charge in [0.2, 0.25) is 5.91 Å². The van der Waals surface area contributed by atoms with E-state index < -0.39 is 0 Å². The quantitative estimate of drug-likeness (QED) is 0.862. The smallest absolute Gasteiger partial charge is 0.244 e. The normalized spacial score (nSPS) is 23.1. The van der Waals surface area contributed by atoms with Gasteiger partial charge in [-0.1, -0.05) is 13.0 Å². The first-order valence-electron chi connectivity index (χ1n) is 8.15. The minimum Gasteiger partial charge on any atom is -0.371 e. The summed E-state index contributed by atoms with van der Waals surface area (Å²) in [6, 6.07) is 8.24. The van der Waals surface area contributed by atoms with Gasteiger partial charge in [0.05, 0.1) is 5.54 Å². The molecule has 2 saturated heterocycles. The maximum absolute atomic E-state index is 12.6. The molecule has 2 aliphatic rings. The lowest BCUT2D eigenvalue weighted by Crippen LogP contribution is -2.50. The minimum absolute atomic E-state index is 0. The second kappa shape index (κ2) is 8.76. The van der Waals surface area contributed by atoms with Crippen LogP contribution in [0.2, 0.25) is 0 Å². The van der Waals surface area contributed by atoms with Gasteiger partial charge < -0.3 is 15.5 Å². The maximum Gasteiger partial charge on any atom is 0.244 e. The van der Waals surface area contributed by atoms with Crippen molar-refractivity contribution in [2.75, 3.05) is 29.9 Å². The zero-order valence-electron chi connectivity index (χ0n) is 13.6. The Morgan fingerprint density at radius 3 is 2.61 bits per heavy atom. The highest BCUT2D eigenvalue weighted by atomic mass is 35.5. The largest absolute Gasteiger partial charge is 0.371 e. The number of amides is 1. The Morgan fingerprint density at radius 1 is 1.26 bits per heavy atom. The lowest BCUT2D eigenvalue weighted by atomic mass is 9.93. The average Bonchev–Trinajstić information content (AvgIpc) is 3.20. The van der Waals surface area contributed by atoms with E-state index in [1.165, 1.54) is 18.5 Å². The second-order valence-corrected chi connectivity index (χ2v) is 6.16. The van der Waals surface area contributed by atoms with Crippen molar-refractivity contribution in [2.24, 2.45) is 0 Å². The molecule has 0 saturated carbocycles. The number of nitrogens with one attached hydrogen (secondary N) is 2. The van der Waals surface area contributed by atoms with Crippen molar-refractivity contribution < 1.29 is 4.79 Å². The summed E-state index contributed by atoms with van der Waals surface area (Å²) in [5, 5.41) is 6.50. The molecule has 1 amide bonds. The highest BCUT2D eigenvalue weighted by Gasteiger charge is 2.39. The molecule has 6 heteroatoms. The lowest BCUT2D eigenvalue weighted by Gasteiger charge is -2.27. The van der Waals surface area contributed by atoms with Crippen LogP contribution in [-0.4, -0.2) is 31.1 Å². The third kappa shape index (κ3) is 4.31. The molecule has 23 heavy (non-hydrogen) atoms. The predicted molar refractivity (Wildman–Crippen MR) is 101 cm³/mol. The minimum atomic E-state index is -0.371. The maximum atomic E-state index is 12.6. The standard InChI is InChI=1S/C17H25N3O.2ClH/c1-2-17(9-6-10-18-17)16(21)19-14-7-5-8-15(13-14)20-11-3-4-12-20;;/h5,7-8,13,18H,2-4,6,9-12H2,1H3,(H,19,21);2*1H. The van der Waals surface area contributed by atoms with Crippen molar-refractivity contribution in [1.29, 1.82) is 0 Å². The Labute approximate surface area is 151 Å². The number of halogens is 2. The van der Waals surface area contributed by atoms with Crippen molar-refractivity contribution in [3.8, 4) is 0 Å². The molecule has 0 aromatic heterocycles. The molecule has 3 rings (SSSR count). The fourth-order valence-corrected chi connectivity index (χ4v) is 3.47. The topological polar surface area (TPSA) is 44.4 Å². The summed E-state index contributed by atoms with van der Waals surface area (Å²) in [6.45, 7) is 5.27. The first-order chi connectivity index (χ1) is 10.2. The summed E-state index contributed by atoms with van der Waals surface area (Å²) in [7, 11) is 0. The van der Waals surface area contributed by atoms with Crippen LogP contribution >= 0.6 is 24.8 Å². The van der Waals surface area contributed by atoms with Crippen LogP contribution in [0.3, 0.4) is 0 Å². The van der Waals surface area contributed by atoms with Gasteiger partial charge in [-0.05, 0) is 56.8 Å². The Morgan fingerprint density at radius 2 is 2.00 bits per heavy atom. The van der Waals surface area contributed by atoms with Crippen LogP contribution in [0.15, 0.2) is 24.3 Å². The molecular weight excluding hydrogens is 333 g/mol. The van der Waals surface area contributed by atoms with Crippen molar-refractivity contribution in [1.82, 2.24) is 5.32 Å². The third-order valence-corrected chi connectivity index (χ3v) is 4.86. The van der Waals surface area contributed by atoms with E-state index in [2.05, 4.69) is 34.6 Å². The molecular formula is C17H27Cl2N3O. The SMILES string of the molecule is CCC1(C(=O)Nc2cccc(N3CCCC3)c2)CCCN1.Cl.Cl. The fraction of sp³-hybridized carbons (Fsp3) is 0.588. The van der Waals surface area contributed by atoms with Gasteiger partial charge in [0.25, 0.3) is 0 Å². The Hall–Kier alpha value is -0.970. The van der Waals surface area contributed by atoms with Crippen molar-refractivity contribution in [3.05, 3.63) is 24.3 Å². The predicted octanol–water partition coefficient (Wildman–Crippen LogP) is 3.60. The number of rotatable bonds is 4. The Kier molecular flexibility index (Phi) is 7.65. The van der Waals surface area contributed by atoms with Gasteiger partial charge in [-0.2, -0.15) is 0 Å². The fourth-order valence-electron chi connectivity index (χ4n) is 3.47. The summed E-state index contributed by atoms with van der Waals surface area (Å²) < 4.78 is 0. The number of anilines is 2. The van der Waals surface area contributed by atoms with Gasteiger partial charge in [0.1, 0.15) is 0 Å². The van der Waals surface area contributed by atoms with Gasteiger partial charge in [-0.15, -0.1) is 24.8 Å². The van der Waals surface area contributed by atoms with Crippen molar-refractivity contribution >= 4 is 42.1 Å². The highest BCUT2D eigenvalue weighted by molar-refractivity contribution is 5.98. The van der Waals surface area contributed by atoms with E-state index in [9.17, 15) is 4.79 Å². The van der Waals surface area contributed by atoms with Gasteiger partial charge >= 0.3 is 0 Å². The second-order valence-electron chi connectivity index (χ2n) is 6.16. The first kappa shape index (κ1) is 20.1. The molecule has 0 radical (unpaired) electrons. The van der Waals surface area contributed by atoms with E-state index in [1.807, 2.05) is 12.1 Å². The van der Waals surface area contributed by atoms with Crippen molar-refractivity contribution in [3.63, 3.8) is 0 Å². The molecule has 2 fully saturated rings. The molecule has 0 bridgehead atoms. The van der Waals surface area contributed by atoms with Gasteiger partial charge in [-0.25, -0.2) is 0 Å². The zero-order valence-corrected chi connectivity index (χ0v) is 15.3. The van der Waals surface area contributed by atoms with Crippen LogP contribution in [0, 0.1) is 0 Å². The molecule has 1 aromatic rings. The van der Waals surface area contributed by atoms with Crippen LogP contribution in [0.5, 0.6) is 0 Å².